The summed E-state index contributed by atoms with van der Waals surface area (Å²) < 4.78 is 112. The van der Waals surface area contributed by atoms with Crippen LogP contribution in [0.4, 0.5) is 32.0 Å². The van der Waals surface area contributed by atoms with Gasteiger partial charge in [0.2, 0.25) is 5.91 Å². The van der Waals surface area contributed by atoms with Gasteiger partial charge in [0.05, 0.1) is 35.4 Å². The highest BCUT2D eigenvalue weighted by Crippen LogP contribution is 2.37. The normalized spacial score (nSPS) is 17.7. The number of anilines is 1. The Morgan fingerprint density at radius 2 is 1.70 bits per heavy atom. The van der Waals surface area contributed by atoms with Gasteiger partial charge in [-0.2, -0.15) is 18.4 Å². The number of carbonyl (C=O) groups is 1. The van der Waals surface area contributed by atoms with Crippen LogP contribution in [0, 0.1) is 11.3 Å². The van der Waals surface area contributed by atoms with Crippen LogP contribution in [0.25, 0.3) is 0 Å². The number of ether oxygens (including phenoxy) is 2. The van der Waals surface area contributed by atoms with E-state index in [1.54, 1.807) is 29.2 Å². The molecule has 0 radical (unpaired) electrons. The number of primary amides is 1. The molecule has 0 spiro atoms. The van der Waals surface area contributed by atoms with Crippen LogP contribution < -0.4 is 15.4 Å². The minimum absolute atomic E-state index is 0.0865. The Kier molecular flexibility index (Phi) is 10.8. The topological polar surface area (TPSA) is 123 Å². The summed E-state index contributed by atoms with van der Waals surface area (Å²) in [6.45, 7) is 0.958. The van der Waals surface area contributed by atoms with Crippen molar-refractivity contribution < 1.29 is 49.0 Å². The second-order valence-corrected chi connectivity index (χ2v) is 13.2. The molecule has 3 aromatic carbocycles. The highest BCUT2D eigenvalue weighted by atomic mass is 32.2. The maximum absolute atomic E-state index is 13.0. The lowest BCUT2D eigenvalue weighted by Gasteiger charge is -2.28. The van der Waals surface area contributed by atoms with E-state index in [-0.39, 0.29) is 47.8 Å². The molecule has 0 bridgehead atoms. The molecule has 1 aliphatic rings. The Labute approximate surface area is 267 Å². The van der Waals surface area contributed by atoms with E-state index < -0.39 is 58.5 Å². The molecule has 1 saturated heterocycles. The predicted octanol–water partition coefficient (Wildman–Crippen LogP) is 6.60. The molecule has 3 aromatic rings. The summed E-state index contributed by atoms with van der Waals surface area (Å²) in [6, 6.07) is 16.1. The van der Waals surface area contributed by atoms with E-state index in [2.05, 4.69) is 10.8 Å². The first-order chi connectivity index (χ1) is 22.0. The number of hydrogen-bond acceptors (Lipinski definition) is 7. The minimum Gasteiger partial charge on any atom is -0.489 e. The third kappa shape index (κ3) is 8.95. The number of nitriles is 1. The molecule has 15 heteroatoms. The molecule has 0 aromatic heterocycles. The highest BCUT2D eigenvalue weighted by Gasteiger charge is 2.37. The molecule has 3 atom stereocenters. The number of halogens is 6. The van der Waals surface area contributed by atoms with Crippen molar-refractivity contribution in [3.8, 4) is 11.8 Å². The van der Waals surface area contributed by atoms with Gasteiger partial charge in [0.15, 0.2) is 9.84 Å². The molecule has 8 nitrogen and oxygen atoms in total. The summed E-state index contributed by atoms with van der Waals surface area (Å²) in [5.74, 6) is -1.49. The Balaban J connectivity index is 1.69. The lowest BCUT2D eigenvalue weighted by atomic mass is 9.85. The fraction of sp³-hybridized carbons (Fsp3) is 0.375. The number of carbonyl (C=O) groups excluding carboxylic acids is 1. The van der Waals surface area contributed by atoms with Crippen LogP contribution in [-0.4, -0.2) is 51.7 Å². The van der Waals surface area contributed by atoms with Gasteiger partial charge in [-0.15, -0.1) is 13.2 Å². The van der Waals surface area contributed by atoms with E-state index >= 15 is 0 Å². The van der Waals surface area contributed by atoms with Gasteiger partial charge in [0, 0.05) is 36.1 Å². The molecule has 252 valence electrons. The van der Waals surface area contributed by atoms with Crippen LogP contribution in [0.15, 0.2) is 71.6 Å². The van der Waals surface area contributed by atoms with Gasteiger partial charge >= 0.3 is 12.5 Å². The number of benzene rings is 3. The summed E-state index contributed by atoms with van der Waals surface area (Å²) >= 11 is 0. The average Bonchev–Trinajstić information content (AvgIpc) is 3.40. The zero-order valence-corrected chi connectivity index (χ0v) is 25.8. The maximum atomic E-state index is 13.0. The van der Waals surface area contributed by atoms with Gasteiger partial charge < -0.3 is 15.4 Å². The first-order valence-corrected chi connectivity index (χ1v) is 16.1. The van der Waals surface area contributed by atoms with E-state index in [1.165, 1.54) is 25.1 Å². The van der Waals surface area contributed by atoms with Crippen LogP contribution in [-0.2, 0) is 20.8 Å². The van der Waals surface area contributed by atoms with Crippen LogP contribution >= 0.6 is 0 Å². The monoisotopic (exact) mass is 683 g/mol. The van der Waals surface area contributed by atoms with Crippen molar-refractivity contribution in [1.29, 1.82) is 5.26 Å². The third-order valence-corrected chi connectivity index (χ3v) is 9.65. The van der Waals surface area contributed by atoms with Gasteiger partial charge in [-0.3, -0.25) is 9.53 Å². The zero-order valence-electron chi connectivity index (χ0n) is 25.0. The molecule has 0 saturated carbocycles. The van der Waals surface area contributed by atoms with Gasteiger partial charge in [0.1, 0.15) is 11.9 Å². The van der Waals surface area contributed by atoms with Crippen LogP contribution in [0.5, 0.6) is 5.75 Å². The van der Waals surface area contributed by atoms with Crippen molar-refractivity contribution in [3.05, 3.63) is 89.0 Å². The first kappa shape index (κ1) is 35.6. The minimum atomic E-state index is -4.85. The van der Waals surface area contributed by atoms with Gasteiger partial charge in [0.25, 0.3) is 0 Å². The molecule has 2 N–H and O–H groups in total. The fourth-order valence-electron chi connectivity index (χ4n) is 5.59. The largest absolute Gasteiger partial charge is 0.522 e. The molecular weight excluding hydrogens is 652 g/mol. The van der Waals surface area contributed by atoms with E-state index in [9.17, 15) is 44.8 Å². The van der Waals surface area contributed by atoms with Crippen LogP contribution in [0.3, 0.4) is 0 Å². The van der Waals surface area contributed by atoms with Crippen LogP contribution in [0.1, 0.15) is 59.2 Å². The molecule has 1 fully saturated rings. The zero-order chi connectivity index (χ0) is 34.6. The number of hydrogen-bond donors (Lipinski definition) is 1. The summed E-state index contributed by atoms with van der Waals surface area (Å²) in [5.41, 5.74) is 6.25. The second-order valence-electron chi connectivity index (χ2n) is 10.9. The molecule has 1 heterocycles. The number of sulfone groups is 1. The summed E-state index contributed by atoms with van der Waals surface area (Å²) in [6.07, 6.45) is -10.0. The van der Waals surface area contributed by atoms with Crippen molar-refractivity contribution >= 4 is 21.4 Å². The molecule has 1 amide bonds. The quantitative estimate of drug-likeness (QED) is 0.214. The van der Waals surface area contributed by atoms with Crippen molar-refractivity contribution in [1.82, 2.24) is 0 Å². The predicted molar refractivity (Wildman–Crippen MR) is 159 cm³/mol. The van der Waals surface area contributed by atoms with Crippen molar-refractivity contribution in [2.45, 2.75) is 61.7 Å². The van der Waals surface area contributed by atoms with Crippen molar-refractivity contribution in [3.63, 3.8) is 0 Å². The fourth-order valence-corrected chi connectivity index (χ4v) is 6.47. The Bertz CT molecular complexity index is 1710. The van der Waals surface area contributed by atoms with Crippen molar-refractivity contribution in [2.75, 3.05) is 23.8 Å². The Morgan fingerprint density at radius 3 is 2.26 bits per heavy atom. The van der Waals surface area contributed by atoms with E-state index in [0.29, 0.717) is 16.8 Å². The molecule has 1 aliphatic heterocycles. The second kappa shape index (κ2) is 14.2. The van der Waals surface area contributed by atoms with E-state index in [4.69, 9.17) is 10.5 Å². The summed E-state index contributed by atoms with van der Waals surface area (Å²) in [4.78, 5) is 14.3. The van der Waals surface area contributed by atoms with Gasteiger partial charge in [-0.1, -0.05) is 19.1 Å². The molecule has 0 unspecified atom stereocenters. The molecule has 0 aliphatic carbocycles. The van der Waals surface area contributed by atoms with E-state index in [0.717, 1.165) is 24.3 Å². The SMILES string of the molecule is CCS(=O)(=O)c1ccc([C@H](CC#N)c2cc(N3C[C@@H](Oc4ccc(C(F)(F)F)cc4)C[C@H]3CCOC(F)(F)F)ccc2C(N)=O)cc1. The first-order valence-electron chi connectivity index (χ1n) is 14.5. The lowest BCUT2D eigenvalue weighted by Crippen LogP contribution is -2.32. The number of nitrogens with zero attached hydrogens (tertiary/aromatic N) is 2. The Morgan fingerprint density at radius 1 is 1.04 bits per heavy atom. The smallest absolute Gasteiger partial charge is 0.489 e. The summed E-state index contributed by atoms with van der Waals surface area (Å²) in [7, 11) is -3.51. The maximum Gasteiger partial charge on any atom is 0.522 e. The molecule has 47 heavy (non-hydrogen) atoms. The standard InChI is InChI=1S/C32H31F6N3O5S/c1-2-47(43,44)26-10-3-20(4-11-26)27(13-15-39)29-18-22(7-12-28(29)30(40)42)41-19-25(17-23(41)14-16-45-32(36,37)38)46-24-8-5-21(6-9-24)31(33,34)35/h3-12,18,23,25,27H,2,13-14,16-17,19H2,1H3,(H2,40,42)/t23-,25+,27+/m1/s1. The highest BCUT2D eigenvalue weighted by molar-refractivity contribution is 7.91. The number of alkyl halides is 6. The Hall–Kier alpha value is -4.29. The van der Waals surface area contributed by atoms with Gasteiger partial charge in [-0.25, -0.2) is 8.42 Å². The average molecular weight is 684 g/mol. The molecular formula is C32H31F6N3O5S. The third-order valence-electron chi connectivity index (χ3n) is 7.90. The number of nitrogens with two attached hydrogens (primary N) is 1. The van der Waals surface area contributed by atoms with E-state index in [1.807, 2.05) is 0 Å². The number of rotatable bonds is 12. The van der Waals surface area contributed by atoms with Crippen LogP contribution in [0.2, 0.25) is 0 Å². The number of amides is 1. The molecule has 4 rings (SSSR count). The van der Waals surface area contributed by atoms with Gasteiger partial charge in [-0.05, 0) is 72.1 Å². The lowest BCUT2D eigenvalue weighted by molar-refractivity contribution is -0.324. The van der Waals surface area contributed by atoms with Crippen molar-refractivity contribution in [2.24, 2.45) is 5.73 Å². The summed E-state index contributed by atoms with van der Waals surface area (Å²) in [5, 5.41) is 9.68.